The number of amides is 3. The molecule has 0 radical (unpaired) electrons. The van der Waals surface area contributed by atoms with Crippen LogP contribution in [0.3, 0.4) is 0 Å². The number of hydrogen-bond acceptors (Lipinski definition) is 8. The van der Waals surface area contributed by atoms with E-state index in [1.807, 2.05) is 32.0 Å². The maximum Gasteiger partial charge on any atom is 0.323 e. The fraction of sp³-hybridized carbons (Fsp3) is 0.485. The minimum Gasteiger partial charge on any atom is -0.490 e. The van der Waals surface area contributed by atoms with Gasteiger partial charge in [0, 0.05) is 57.3 Å². The first-order valence-corrected chi connectivity index (χ1v) is 17.2. The van der Waals surface area contributed by atoms with Gasteiger partial charge < -0.3 is 34.7 Å². The minimum atomic E-state index is -3.88. The van der Waals surface area contributed by atoms with Crippen LogP contribution in [-0.2, 0) is 21.8 Å². The lowest BCUT2D eigenvalue weighted by molar-refractivity contribution is -0.00835. The van der Waals surface area contributed by atoms with Crippen LogP contribution in [-0.4, -0.2) is 95.8 Å². The van der Waals surface area contributed by atoms with Gasteiger partial charge in [0.05, 0.1) is 36.7 Å². The van der Waals surface area contributed by atoms with Gasteiger partial charge in [0.2, 0.25) is 0 Å². The van der Waals surface area contributed by atoms with Crippen molar-refractivity contribution < 1.29 is 32.6 Å². The lowest BCUT2D eigenvalue weighted by Gasteiger charge is -2.35. The van der Waals surface area contributed by atoms with Crippen LogP contribution in [0, 0.1) is 5.92 Å². The van der Waals surface area contributed by atoms with Crippen LogP contribution in [0.5, 0.6) is 5.75 Å². The molecule has 0 bridgehead atoms. The van der Waals surface area contributed by atoms with Crippen molar-refractivity contribution in [2.75, 3.05) is 44.0 Å². The number of nitrogens with one attached hydrogen (secondary N) is 2. The number of fused-ring (bicyclic) bond motifs is 1. The van der Waals surface area contributed by atoms with Crippen LogP contribution in [0.25, 0.3) is 0 Å². The van der Waals surface area contributed by atoms with E-state index in [2.05, 4.69) is 15.6 Å². The molecule has 256 valence electrons. The summed E-state index contributed by atoms with van der Waals surface area (Å²) in [6, 6.07) is 12.9. The highest BCUT2D eigenvalue weighted by Gasteiger charge is 2.33. The molecule has 47 heavy (non-hydrogen) atoms. The number of imidazole rings is 1. The lowest BCUT2D eigenvalue weighted by Crippen LogP contribution is -2.48. The summed E-state index contributed by atoms with van der Waals surface area (Å²) < 4.78 is 41.9. The number of aryl methyl sites for hydroxylation is 1. The highest BCUT2D eigenvalue weighted by atomic mass is 32.2. The Balaban J connectivity index is 1.62. The van der Waals surface area contributed by atoms with Crippen molar-refractivity contribution in [3.05, 3.63) is 66.6 Å². The number of aliphatic hydroxyl groups excluding tert-OH is 1. The number of nitrogens with zero attached hydrogens (tertiary/aromatic N) is 4. The Kier molecular flexibility index (Phi) is 12.4. The van der Waals surface area contributed by atoms with Gasteiger partial charge in [-0.05, 0) is 63.4 Å². The van der Waals surface area contributed by atoms with Crippen LogP contribution in [0.4, 0.5) is 16.2 Å². The Morgan fingerprint density at radius 3 is 2.53 bits per heavy atom. The summed E-state index contributed by atoms with van der Waals surface area (Å²) in [5.74, 6) is -0.373. The molecule has 0 aliphatic carbocycles. The van der Waals surface area contributed by atoms with Gasteiger partial charge in [-0.15, -0.1) is 0 Å². The summed E-state index contributed by atoms with van der Waals surface area (Å²) in [7, 11) is -0.696. The fourth-order valence-corrected chi connectivity index (χ4v) is 6.45. The van der Waals surface area contributed by atoms with Gasteiger partial charge in [-0.2, -0.15) is 4.31 Å². The van der Waals surface area contributed by atoms with Gasteiger partial charge >= 0.3 is 6.03 Å². The maximum atomic E-state index is 14.3. The molecule has 4 atom stereocenters. The SMILES string of the molecule is C[C@@H]1CCCCO[C@H](CN(C)S(=O)(=O)c2cn(C)cn2)[C@@H](C)CN([C@@H](C)CO)C(=O)c2cc(NC(=O)Nc3ccccc3)ccc2O1. The van der Waals surface area contributed by atoms with E-state index in [0.29, 0.717) is 30.2 Å². The largest absolute Gasteiger partial charge is 0.490 e. The zero-order valence-electron chi connectivity index (χ0n) is 27.6. The van der Waals surface area contributed by atoms with E-state index in [1.54, 1.807) is 53.8 Å². The van der Waals surface area contributed by atoms with Crippen molar-refractivity contribution in [1.29, 1.82) is 0 Å². The first-order chi connectivity index (χ1) is 22.4. The first-order valence-electron chi connectivity index (χ1n) is 15.8. The first kappa shape index (κ1) is 35.9. The van der Waals surface area contributed by atoms with E-state index in [1.165, 1.54) is 23.9 Å². The molecule has 3 aromatic rings. The van der Waals surface area contributed by atoms with Crippen molar-refractivity contribution in [3.63, 3.8) is 0 Å². The number of aliphatic hydroxyl groups is 1. The third-order valence-electron chi connectivity index (χ3n) is 8.13. The molecular formula is C33H46N6O7S. The van der Waals surface area contributed by atoms with Crippen LogP contribution in [0.15, 0.2) is 66.1 Å². The molecule has 1 aromatic heterocycles. The number of aromatic nitrogens is 2. The highest BCUT2D eigenvalue weighted by molar-refractivity contribution is 7.89. The number of benzene rings is 2. The molecule has 3 N–H and O–H groups in total. The lowest BCUT2D eigenvalue weighted by atomic mass is 10.0. The van der Waals surface area contributed by atoms with Crippen molar-refractivity contribution in [2.45, 2.75) is 63.3 Å². The van der Waals surface area contributed by atoms with E-state index < -0.39 is 34.1 Å². The molecular weight excluding hydrogens is 624 g/mol. The Labute approximate surface area is 276 Å². The molecule has 0 spiro atoms. The fourth-order valence-electron chi connectivity index (χ4n) is 5.31. The van der Waals surface area contributed by atoms with Gasteiger partial charge in [0.1, 0.15) is 5.75 Å². The number of rotatable bonds is 8. The van der Waals surface area contributed by atoms with Crippen molar-refractivity contribution in [3.8, 4) is 5.75 Å². The Morgan fingerprint density at radius 1 is 1.13 bits per heavy atom. The van der Waals surface area contributed by atoms with Gasteiger partial charge in [-0.3, -0.25) is 4.79 Å². The van der Waals surface area contributed by atoms with E-state index >= 15 is 0 Å². The number of carbonyl (C=O) groups excluding carboxylic acids is 2. The zero-order valence-corrected chi connectivity index (χ0v) is 28.4. The van der Waals surface area contributed by atoms with E-state index in [4.69, 9.17) is 9.47 Å². The minimum absolute atomic E-state index is 0.0380. The summed E-state index contributed by atoms with van der Waals surface area (Å²) in [5.41, 5.74) is 1.23. The smallest absolute Gasteiger partial charge is 0.323 e. The van der Waals surface area contributed by atoms with Crippen molar-refractivity contribution >= 4 is 33.3 Å². The predicted molar refractivity (Wildman–Crippen MR) is 179 cm³/mol. The third-order valence-corrected chi connectivity index (χ3v) is 9.84. The van der Waals surface area contributed by atoms with E-state index in [-0.39, 0.29) is 42.3 Å². The normalized spacial score (nSPS) is 20.5. The molecule has 2 heterocycles. The topological polar surface area (TPSA) is 155 Å². The van der Waals surface area contributed by atoms with Gasteiger partial charge in [0.25, 0.3) is 15.9 Å². The number of anilines is 2. The second-order valence-corrected chi connectivity index (χ2v) is 14.1. The number of likely N-dealkylation sites (N-methyl/N-ethyl adjacent to an activating group) is 1. The molecule has 2 aromatic carbocycles. The third kappa shape index (κ3) is 9.53. The molecule has 4 rings (SSSR count). The predicted octanol–water partition coefficient (Wildman–Crippen LogP) is 4.18. The Morgan fingerprint density at radius 2 is 1.85 bits per heavy atom. The van der Waals surface area contributed by atoms with Crippen LogP contribution >= 0.6 is 0 Å². The monoisotopic (exact) mass is 670 g/mol. The summed E-state index contributed by atoms with van der Waals surface area (Å²) in [4.78, 5) is 32.6. The Hall–Kier alpha value is -3.98. The van der Waals surface area contributed by atoms with Crippen LogP contribution in [0.1, 0.15) is 50.4 Å². The second kappa shape index (κ2) is 16.2. The van der Waals surface area contributed by atoms with Gasteiger partial charge in [-0.25, -0.2) is 18.2 Å². The highest BCUT2D eigenvalue weighted by Crippen LogP contribution is 2.29. The Bertz CT molecular complexity index is 1600. The summed E-state index contributed by atoms with van der Waals surface area (Å²) in [6.07, 6.45) is 4.31. The molecule has 0 saturated heterocycles. The van der Waals surface area contributed by atoms with Crippen molar-refractivity contribution in [2.24, 2.45) is 13.0 Å². The number of hydrogen-bond donors (Lipinski definition) is 3. The molecule has 13 nitrogen and oxygen atoms in total. The van der Waals surface area contributed by atoms with Crippen molar-refractivity contribution in [1.82, 2.24) is 18.8 Å². The van der Waals surface area contributed by atoms with Gasteiger partial charge in [-0.1, -0.05) is 25.1 Å². The number of carbonyl (C=O) groups is 2. The molecule has 14 heteroatoms. The number of urea groups is 1. The van der Waals surface area contributed by atoms with E-state index in [9.17, 15) is 23.1 Å². The molecule has 1 aliphatic rings. The van der Waals surface area contributed by atoms with Crippen LogP contribution in [0.2, 0.25) is 0 Å². The number of ether oxygens (including phenoxy) is 2. The van der Waals surface area contributed by atoms with Gasteiger partial charge in [0.15, 0.2) is 5.03 Å². The van der Waals surface area contributed by atoms with Crippen LogP contribution < -0.4 is 15.4 Å². The number of para-hydroxylation sites is 1. The molecule has 0 saturated carbocycles. The second-order valence-electron chi connectivity index (χ2n) is 12.1. The average molecular weight is 671 g/mol. The average Bonchev–Trinajstić information content (AvgIpc) is 3.49. The summed E-state index contributed by atoms with van der Waals surface area (Å²) >= 11 is 0. The molecule has 0 fully saturated rings. The zero-order chi connectivity index (χ0) is 34.1. The molecule has 1 aliphatic heterocycles. The summed E-state index contributed by atoms with van der Waals surface area (Å²) in [6.45, 7) is 5.85. The maximum absolute atomic E-state index is 14.3. The summed E-state index contributed by atoms with van der Waals surface area (Å²) in [5, 5.41) is 15.7. The molecule has 0 unspecified atom stereocenters. The van der Waals surface area contributed by atoms with E-state index in [0.717, 1.165) is 12.8 Å². The molecule has 3 amide bonds. The number of sulfonamides is 1. The standard InChI is InChI=1S/C33H46N6O7S/c1-23-18-39(24(2)21-40)32(41)28-17-27(36-33(42)35-26-12-7-6-8-13-26)14-15-29(28)46-25(3)11-9-10-16-45-30(23)19-38(5)47(43,44)31-20-37(4)22-34-31/h6-8,12-15,17,20,22-25,30,40H,9-11,16,18-19,21H2,1-5H3,(H2,35,36,42)/t23-,24-,25+,30+/m0/s1. The quantitative estimate of drug-likeness (QED) is 0.323.